The molecule has 1 fully saturated rings. The van der Waals surface area contributed by atoms with Crippen LogP contribution in [0.15, 0.2) is 30.5 Å². The van der Waals surface area contributed by atoms with E-state index in [0.717, 1.165) is 25.9 Å². The largest absolute Gasteiger partial charge is 0.337 e. The molecule has 0 aliphatic carbocycles. The lowest BCUT2D eigenvalue weighted by atomic mass is 10.1. The third-order valence-electron chi connectivity index (χ3n) is 3.69. The van der Waals surface area contributed by atoms with Crippen molar-refractivity contribution in [1.29, 1.82) is 0 Å². The van der Waals surface area contributed by atoms with E-state index in [2.05, 4.69) is 15.3 Å². The van der Waals surface area contributed by atoms with Gasteiger partial charge in [-0.25, -0.2) is 9.97 Å². The summed E-state index contributed by atoms with van der Waals surface area (Å²) in [6.07, 6.45) is 4.85. The molecule has 1 aliphatic rings. The van der Waals surface area contributed by atoms with Gasteiger partial charge in [-0.3, -0.25) is 4.79 Å². The SMILES string of the molecule is O=C(c1ccnc(Nc2ccc(Cl)c(Cl)c2)n1)N1CCCCC1. The number of carbonyl (C=O) groups excluding carboxylic acids is 1. The van der Waals surface area contributed by atoms with Crippen molar-refractivity contribution in [2.24, 2.45) is 0 Å². The van der Waals surface area contributed by atoms with E-state index in [4.69, 9.17) is 23.2 Å². The molecule has 0 saturated carbocycles. The summed E-state index contributed by atoms with van der Waals surface area (Å²) in [5.74, 6) is 0.301. The Bertz CT molecular complexity index is 717. The maximum absolute atomic E-state index is 12.5. The molecule has 0 unspecified atom stereocenters. The summed E-state index contributed by atoms with van der Waals surface area (Å²) in [6, 6.07) is 6.79. The van der Waals surface area contributed by atoms with Crippen LogP contribution in [0.25, 0.3) is 0 Å². The number of rotatable bonds is 3. The third-order valence-corrected chi connectivity index (χ3v) is 4.43. The number of benzene rings is 1. The predicted molar refractivity (Wildman–Crippen MR) is 91.5 cm³/mol. The van der Waals surface area contributed by atoms with E-state index >= 15 is 0 Å². The zero-order valence-corrected chi connectivity index (χ0v) is 13.9. The molecule has 2 heterocycles. The average Bonchev–Trinajstić information content (AvgIpc) is 2.58. The monoisotopic (exact) mass is 350 g/mol. The van der Waals surface area contributed by atoms with Crippen molar-refractivity contribution in [2.75, 3.05) is 18.4 Å². The molecule has 1 amide bonds. The van der Waals surface area contributed by atoms with Crippen molar-refractivity contribution < 1.29 is 4.79 Å². The molecule has 1 aromatic carbocycles. The summed E-state index contributed by atoms with van der Waals surface area (Å²) in [5.41, 5.74) is 1.10. The van der Waals surface area contributed by atoms with E-state index in [9.17, 15) is 4.79 Å². The van der Waals surface area contributed by atoms with Crippen molar-refractivity contribution >= 4 is 40.7 Å². The molecule has 1 aliphatic heterocycles. The maximum atomic E-state index is 12.5. The minimum Gasteiger partial charge on any atom is -0.337 e. The van der Waals surface area contributed by atoms with Gasteiger partial charge in [-0.15, -0.1) is 0 Å². The summed E-state index contributed by atoms with van der Waals surface area (Å²) in [4.78, 5) is 22.8. The third kappa shape index (κ3) is 3.92. The Balaban J connectivity index is 1.76. The normalized spacial score (nSPS) is 14.6. The van der Waals surface area contributed by atoms with E-state index in [1.54, 1.807) is 30.5 Å². The number of carbonyl (C=O) groups is 1. The van der Waals surface area contributed by atoms with Gasteiger partial charge in [0.1, 0.15) is 5.69 Å². The first kappa shape index (κ1) is 16.0. The van der Waals surface area contributed by atoms with Gasteiger partial charge >= 0.3 is 0 Å². The van der Waals surface area contributed by atoms with Gasteiger partial charge in [-0.2, -0.15) is 0 Å². The van der Waals surface area contributed by atoms with Gasteiger partial charge in [-0.1, -0.05) is 23.2 Å². The molecule has 1 saturated heterocycles. The summed E-state index contributed by atoms with van der Waals surface area (Å²) in [6.45, 7) is 1.58. The molecule has 120 valence electrons. The Kier molecular flexibility index (Phi) is 4.98. The number of amides is 1. The summed E-state index contributed by atoms with van der Waals surface area (Å²) < 4.78 is 0. The van der Waals surface area contributed by atoms with Crippen LogP contribution in [-0.2, 0) is 0 Å². The number of halogens is 2. The van der Waals surface area contributed by atoms with Gasteiger partial charge in [0, 0.05) is 25.0 Å². The first-order valence-electron chi connectivity index (χ1n) is 7.48. The van der Waals surface area contributed by atoms with Gasteiger partial charge < -0.3 is 10.2 Å². The molecule has 7 heteroatoms. The van der Waals surface area contributed by atoms with Crippen LogP contribution in [0.4, 0.5) is 11.6 Å². The fraction of sp³-hybridized carbons (Fsp3) is 0.312. The van der Waals surface area contributed by atoms with Crippen LogP contribution in [-0.4, -0.2) is 33.9 Å². The number of piperidine rings is 1. The molecular formula is C16H16Cl2N4O. The van der Waals surface area contributed by atoms with Crippen molar-refractivity contribution in [3.05, 3.63) is 46.2 Å². The number of hydrogen-bond donors (Lipinski definition) is 1. The fourth-order valence-corrected chi connectivity index (χ4v) is 2.80. The molecule has 0 atom stereocenters. The first-order valence-corrected chi connectivity index (χ1v) is 8.23. The molecule has 3 rings (SSSR count). The van der Waals surface area contributed by atoms with Crippen LogP contribution in [0.2, 0.25) is 10.0 Å². The van der Waals surface area contributed by atoms with E-state index in [1.807, 2.05) is 4.90 Å². The number of hydrogen-bond acceptors (Lipinski definition) is 4. The van der Waals surface area contributed by atoms with Gasteiger partial charge in [0.15, 0.2) is 0 Å². The molecular weight excluding hydrogens is 335 g/mol. The zero-order valence-electron chi connectivity index (χ0n) is 12.4. The minimum absolute atomic E-state index is 0.0516. The van der Waals surface area contributed by atoms with Crippen molar-refractivity contribution in [3.63, 3.8) is 0 Å². The highest BCUT2D eigenvalue weighted by atomic mass is 35.5. The Hall–Kier alpha value is -1.85. The Labute approximate surface area is 144 Å². The summed E-state index contributed by atoms with van der Waals surface area (Å²) in [5, 5.41) is 3.95. The lowest BCUT2D eigenvalue weighted by Gasteiger charge is -2.26. The number of likely N-dealkylation sites (tertiary alicyclic amines) is 1. The quantitative estimate of drug-likeness (QED) is 0.902. The summed E-state index contributed by atoms with van der Waals surface area (Å²) in [7, 11) is 0. The molecule has 1 N–H and O–H groups in total. The highest BCUT2D eigenvalue weighted by Gasteiger charge is 2.19. The topological polar surface area (TPSA) is 58.1 Å². The van der Waals surface area contributed by atoms with Gasteiger partial charge in [-0.05, 0) is 43.5 Å². The lowest BCUT2D eigenvalue weighted by molar-refractivity contribution is 0.0718. The molecule has 1 aromatic heterocycles. The predicted octanol–water partition coefficient (Wildman–Crippen LogP) is 4.15. The first-order chi connectivity index (χ1) is 11.1. The molecule has 2 aromatic rings. The van der Waals surface area contributed by atoms with Gasteiger partial charge in [0.2, 0.25) is 5.95 Å². The van der Waals surface area contributed by atoms with Crippen molar-refractivity contribution in [2.45, 2.75) is 19.3 Å². The van der Waals surface area contributed by atoms with Crippen LogP contribution < -0.4 is 5.32 Å². The van der Waals surface area contributed by atoms with Crippen LogP contribution in [0.3, 0.4) is 0 Å². The second-order valence-corrected chi connectivity index (χ2v) is 6.19. The standard InChI is InChI=1S/C16H16Cl2N4O/c17-12-5-4-11(10-13(12)18)20-16-19-7-6-14(21-16)15(23)22-8-2-1-3-9-22/h4-7,10H,1-3,8-9H2,(H,19,20,21). The van der Waals surface area contributed by atoms with E-state index in [-0.39, 0.29) is 5.91 Å². The summed E-state index contributed by atoms with van der Waals surface area (Å²) >= 11 is 11.9. The molecule has 0 bridgehead atoms. The minimum atomic E-state index is -0.0516. The van der Waals surface area contributed by atoms with E-state index in [1.165, 1.54) is 6.42 Å². The van der Waals surface area contributed by atoms with E-state index < -0.39 is 0 Å². The van der Waals surface area contributed by atoms with Gasteiger partial charge in [0.05, 0.1) is 10.0 Å². The number of anilines is 2. The number of aromatic nitrogens is 2. The number of nitrogens with one attached hydrogen (secondary N) is 1. The molecule has 0 radical (unpaired) electrons. The highest BCUT2D eigenvalue weighted by molar-refractivity contribution is 6.42. The number of nitrogens with zero attached hydrogens (tertiary/aromatic N) is 3. The van der Waals surface area contributed by atoms with Crippen molar-refractivity contribution in [1.82, 2.24) is 14.9 Å². The van der Waals surface area contributed by atoms with Crippen LogP contribution in [0.1, 0.15) is 29.8 Å². The molecule has 23 heavy (non-hydrogen) atoms. The maximum Gasteiger partial charge on any atom is 0.272 e. The highest BCUT2D eigenvalue weighted by Crippen LogP contribution is 2.26. The van der Waals surface area contributed by atoms with Crippen LogP contribution in [0.5, 0.6) is 0 Å². The fourth-order valence-electron chi connectivity index (χ4n) is 2.50. The molecule has 0 spiro atoms. The zero-order chi connectivity index (χ0) is 16.2. The second-order valence-electron chi connectivity index (χ2n) is 5.37. The Morgan fingerprint density at radius 1 is 1.09 bits per heavy atom. The smallest absolute Gasteiger partial charge is 0.272 e. The van der Waals surface area contributed by atoms with Crippen molar-refractivity contribution in [3.8, 4) is 0 Å². The lowest BCUT2D eigenvalue weighted by Crippen LogP contribution is -2.36. The Morgan fingerprint density at radius 2 is 1.87 bits per heavy atom. The Morgan fingerprint density at radius 3 is 2.61 bits per heavy atom. The van der Waals surface area contributed by atoms with Crippen LogP contribution >= 0.6 is 23.2 Å². The molecule has 5 nitrogen and oxygen atoms in total. The van der Waals surface area contributed by atoms with E-state index in [0.29, 0.717) is 27.4 Å². The average molecular weight is 351 g/mol. The second kappa shape index (κ2) is 7.15. The van der Waals surface area contributed by atoms with Crippen LogP contribution in [0, 0.1) is 0 Å². The van der Waals surface area contributed by atoms with Gasteiger partial charge in [0.25, 0.3) is 5.91 Å².